The maximum absolute atomic E-state index is 12.0. The van der Waals surface area contributed by atoms with Crippen molar-refractivity contribution in [2.75, 3.05) is 6.54 Å². The van der Waals surface area contributed by atoms with E-state index in [0.717, 1.165) is 12.8 Å². The van der Waals surface area contributed by atoms with Crippen LogP contribution >= 0.6 is 15.9 Å². The normalized spacial score (nSPS) is 22.4. The summed E-state index contributed by atoms with van der Waals surface area (Å²) in [4.78, 5) is 22.6. The lowest BCUT2D eigenvalue weighted by molar-refractivity contribution is -0.384. The summed E-state index contributed by atoms with van der Waals surface area (Å²) in [7, 11) is 1.63. The van der Waals surface area contributed by atoms with E-state index in [0.29, 0.717) is 23.0 Å². The van der Waals surface area contributed by atoms with Crippen molar-refractivity contribution in [2.24, 2.45) is 13.0 Å². The summed E-state index contributed by atoms with van der Waals surface area (Å²) in [6.45, 7) is 0.605. The summed E-state index contributed by atoms with van der Waals surface area (Å²) < 4.78 is 1.48. The predicted molar refractivity (Wildman–Crippen MR) is 74.5 cm³/mol. The number of halogens is 1. The Balaban J connectivity index is 1.98. The van der Waals surface area contributed by atoms with Crippen molar-refractivity contribution in [3.05, 3.63) is 28.1 Å². The molecule has 1 N–H and O–H groups in total. The Labute approximate surface area is 119 Å². The van der Waals surface area contributed by atoms with Gasteiger partial charge < -0.3 is 9.88 Å². The maximum atomic E-state index is 12.0. The van der Waals surface area contributed by atoms with Gasteiger partial charge in [0.25, 0.3) is 11.6 Å². The zero-order valence-corrected chi connectivity index (χ0v) is 12.2. The minimum atomic E-state index is -0.498. The Morgan fingerprint density at radius 1 is 1.63 bits per heavy atom. The Hall–Kier alpha value is -1.37. The van der Waals surface area contributed by atoms with Gasteiger partial charge in [-0.15, -0.1) is 0 Å². The van der Waals surface area contributed by atoms with Gasteiger partial charge in [-0.25, -0.2) is 0 Å². The number of aryl methyl sites for hydroxylation is 1. The SMILES string of the molecule is Cn1cc([N+](=O)[O-])cc1C(=O)NCC1CCCC1Br. The molecule has 2 rings (SSSR count). The van der Waals surface area contributed by atoms with E-state index < -0.39 is 4.92 Å². The summed E-state index contributed by atoms with van der Waals surface area (Å²) in [6.07, 6.45) is 4.75. The summed E-state index contributed by atoms with van der Waals surface area (Å²) >= 11 is 3.60. The monoisotopic (exact) mass is 329 g/mol. The second-order valence-corrected chi connectivity index (χ2v) is 6.04. The van der Waals surface area contributed by atoms with Crippen LogP contribution in [-0.2, 0) is 7.05 Å². The molecule has 7 heteroatoms. The summed E-state index contributed by atoms with van der Waals surface area (Å²) in [6, 6.07) is 1.30. The standard InChI is InChI=1S/C12H16BrN3O3/c1-15-7-9(16(18)19)5-11(15)12(17)14-6-8-3-2-4-10(8)13/h5,7-8,10H,2-4,6H2,1H3,(H,14,17). The molecule has 6 nitrogen and oxygen atoms in total. The van der Waals surface area contributed by atoms with Gasteiger partial charge in [0.1, 0.15) is 5.69 Å². The number of rotatable bonds is 4. The van der Waals surface area contributed by atoms with Crippen LogP contribution in [0.15, 0.2) is 12.3 Å². The van der Waals surface area contributed by atoms with Crippen LogP contribution in [-0.4, -0.2) is 26.8 Å². The van der Waals surface area contributed by atoms with Gasteiger partial charge in [0.15, 0.2) is 0 Å². The van der Waals surface area contributed by atoms with Crippen LogP contribution in [0.4, 0.5) is 5.69 Å². The van der Waals surface area contributed by atoms with E-state index in [1.807, 2.05) is 0 Å². The third-order valence-electron chi connectivity index (χ3n) is 3.53. The van der Waals surface area contributed by atoms with Gasteiger partial charge >= 0.3 is 0 Å². The number of amides is 1. The first-order valence-corrected chi connectivity index (χ1v) is 7.13. The summed E-state index contributed by atoms with van der Waals surface area (Å²) in [5.74, 6) is 0.182. The molecule has 1 fully saturated rings. The Morgan fingerprint density at radius 2 is 2.37 bits per heavy atom. The number of aromatic nitrogens is 1. The molecule has 1 aliphatic carbocycles. The number of nitro groups is 1. The van der Waals surface area contributed by atoms with Crippen molar-refractivity contribution < 1.29 is 9.72 Å². The first-order valence-electron chi connectivity index (χ1n) is 6.22. The van der Waals surface area contributed by atoms with Crippen LogP contribution in [0.5, 0.6) is 0 Å². The van der Waals surface area contributed by atoms with Crippen LogP contribution in [0, 0.1) is 16.0 Å². The second-order valence-electron chi connectivity index (χ2n) is 4.87. The van der Waals surface area contributed by atoms with E-state index in [9.17, 15) is 14.9 Å². The molecular weight excluding hydrogens is 314 g/mol. The quantitative estimate of drug-likeness (QED) is 0.522. The molecule has 0 aliphatic heterocycles. The van der Waals surface area contributed by atoms with Crippen molar-refractivity contribution in [3.8, 4) is 0 Å². The average Bonchev–Trinajstić information content (AvgIpc) is 2.93. The van der Waals surface area contributed by atoms with Crippen molar-refractivity contribution in [3.63, 3.8) is 0 Å². The third-order valence-corrected chi connectivity index (χ3v) is 4.73. The van der Waals surface area contributed by atoms with Crippen molar-refractivity contribution in [1.82, 2.24) is 9.88 Å². The minimum Gasteiger partial charge on any atom is -0.350 e. The van der Waals surface area contributed by atoms with Gasteiger partial charge in [-0.05, 0) is 18.8 Å². The van der Waals surface area contributed by atoms with Crippen LogP contribution in [0.3, 0.4) is 0 Å². The highest BCUT2D eigenvalue weighted by molar-refractivity contribution is 9.09. The van der Waals surface area contributed by atoms with E-state index in [-0.39, 0.29) is 11.6 Å². The molecule has 0 bridgehead atoms. The lowest BCUT2D eigenvalue weighted by Crippen LogP contribution is -2.31. The second kappa shape index (κ2) is 5.73. The smallest absolute Gasteiger partial charge is 0.287 e. The maximum Gasteiger partial charge on any atom is 0.287 e. The number of carbonyl (C=O) groups excluding carboxylic acids is 1. The van der Waals surface area contributed by atoms with Gasteiger partial charge in [0, 0.05) is 24.5 Å². The molecule has 0 spiro atoms. The summed E-state index contributed by atoms with van der Waals surface area (Å²) in [5, 5.41) is 13.5. The lowest BCUT2D eigenvalue weighted by Gasteiger charge is -2.14. The van der Waals surface area contributed by atoms with Gasteiger partial charge in [0.05, 0.1) is 11.1 Å². The topological polar surface area (TPSA) is 77.2 Å². The fraction of sp³-hybridized carbons (Fsp3) is 0.583. The molecule has 1 aliphatic rings. The molecular formula is C12H16BrN3O3. The molecule has 0 radical (unpaired) electrons. The molecule has 1 heterocycles. The van der Waals surface area contributed by atoms with Gasteiger partial charge in [-0.2, -0.15) is 0 Å². The van der Waals surface area contributed by atoms with E-state index in [2.05, 4.69) is 21.2 Å². The Kier molecular flexibility index (Phi) is 4.24. The molecule has 1 aromatic heterocycles. The van der Waals surface area contributed by atoms with E-state index in [4.69, 9.17) is 0 Å². The zero-order valence-electron chi connectivity index (χ0n) is 10.6. The Bertz CT molecular complexity index is 500. The number of alkyl halides is 1. The molecule has 1 saturated carbocycles. The van der Waals surface area contributed by atoms with Crippen LogP contribution in [0.25, 0.3) is 0 Å². The fourth-order valence-electron chi connectivity index (χ4n) is 2.41. The Morgan fingerprint density at radius 3 is 2.89 bits per heavy atom. The zero-order chi connectivity index (χ0) is 14.0. The molecule has 0 saturated heterocycles. The molecule has 1 aromatic rings. The van der Waals surface area contributed by atoms with E-state index in [1.165, 1.54) is 23.3 Å². The number of hydrogen-bond donors (Lipinski definition) is 1. The van der Waals surface area contributed by atoms with E-state index in [1.54, 1.807) is 7.05 Å². The molecule has 19 heavy (non-hydrogen) atoms. The van der Waals surface area contributed by atoms with E-state index >= 15 is 0 Å². The number of nitrogens with zero attached hydrogens (tertiary/aromatic N) is 2. The summed E-state index contributed by atoms with van der Waals surface area (Å²) in [5.41, 5.74) is 0.253. The average molecular weight is 330 g/mol. The molecule has 104 valence electrons. The molecule has 1 amide bonds. The fourth-order valence-corrected chi connectivity index (χ4v) is 3.18. The minimum absolute atomic E-state index is 0.0631. The highest BCUT2D eigenvalue weighted by Crippen LogP contribution is 2.30. The van der Waals surface area contributed by atoms with Gasteiger partial charge in [-0.3, -0.25) is 14.9 Å². The number of hydrogen-bond acceptors (Lipinski definition) is 3. The largest absolute Gasteiger partial charge is 0.350 e. The van der Waals surface area contributed by atoms with Crippen LogP contribution in [0.1, 0.15) is 29.8 Å². The van der Waals surface area contributed by atoms with Crippen molar-refractivity contribution in [1.29, 1.82) is 0 Å². The number of carbonyl (C=O) groups is 1. The highest BCUT2D eigenvalue weighted by atomic mass is 79.9. The van der Waals surface area contributed by atoms with Gasteiger partial charge in [-0.1, -0.05) is 22.4 Å². The number of nitrogens with one attached hydrogen (secondary N) is 1. The van der Waals surface area contributed by atoms with Crippen LogP contribution in [0.2, 0.25) is 0 Å². The first kappa shape index (κ1) is 14.0. The molecule has 2 unspecified atom stereocenters. The van der Waals surface area contributed by atoms with Crippen molar-refractivity contribution in [2.45, 2.75) is 24.1 Å². The molecule has 2 atom stereocenters. The van der Waals surface area contributed by atoms with Gasteiger partial charge in [0.2, 0.25) is 0 Å². The van der Waals surface area contributed by atoms with Crippen molar-refractivity contribution >= 4 is 27.5 Å². The third kappa shape index (κ3) is 3.15. The van der Waals surface area contributed by atoms with Crippen LogP contribution < -0.4 is 5.32 Å². The first-order chi connectivity index (χ1) is 8.99. The lowest BCUT2D eigenvalue weighted by atomic mass is 10.1. The predicted octanol–water partition coefficient (Wildman–Crippen LogP) is 2.23. The molecule has 0 aromatic carbocycles. The highest BCUT2D eigenvalue weighted by Gasteiger charge is 2.26.